The molecule has 2 N–H and O–H groups in total. The quantitative estimate of drug-likeness (QED) is 0.808. The first kappa shape index (κ1) is 14.2. The Balaban J connectivity index is 1.76. The zero-order chi connectivity index (χ0) is 15.7. The number of aromatic amines is 1. The number of aromatic nitrogens is 4. The minimum atomic E-state index is -0.952. The Morgan fingerprint density at radius 2 is 2.27 bits per heavy atom. The molecule has 0 spiro atoms. The lowest BCUT2D eigenvalue weighted by Gasteiger charge is -2.25. The highest BCUT2D eigenvalue weighted by Gasteiger charge is 2.34. The third-order valence-corrected chi connectivity index (χ3v) is 3.80. The second kappa shape index (κ2) is 5.58. The lowest BCUT2D eigenvalue weighted by molar-refractivity contribution is -0.147. The maximum Gasteiger partial charge on any atom is 0.326 e. The van der Waals surface area contributed by atoms with Crippen molar-refractivity contribution in [2.24, 2.45) is 0 Å². The smallest absolute Gasteiger partial charge is 0.326 e. The average molecular weight is 304 g/mol. The van der Waals surface area contributed by atoms with Crippen molar-refractivity contribution in [3.05, 3.63) is 12.7 Å². The van der Waals surface area contributed by atoms with Crippen LogP contribution in [-0.2, 0) is 9.59 Å². The Labute approximate surface area is 126 Å². The summed E-state index contributed by atoms with van der Waals surface area (Å²) in [6, 6.07) is -0.724. The van der Waals surface area contributed by atoms with Gasteiger partial charge in [-0.25, -0.2) is 19.7 Å². The molecule has 0 aromatic carbocycles. The lowest BCUT2D eigenvalue weighted by atomic mass is 10.2. The van der Waals surface area contributed by atoms with E-state index in [2.05, 4.69) is 19.9 Å². The molecule has 0 unspecified atom stereocenters. The molecule has 1 aliphatic rings. The number of hydrogen-bond acceptors (Lipinski definition) is 6. The molecule has 22 heavy (non-hydrogen) atoms. The molecule has 9 heteroatoms. The Morgan fingerprint density at radius 1 is 1.45 bits per heavy atom. The molecule has 1 atom stereocenters. The maximum absolute atomic E-state index is 12.4. The first-order valence-corrected chi connectivity index (χ1v) is 6.95. The van der Waals surface area contributed by atoms with E-state index in [1.807, 2.05) is 0 Å². The van der Waals surface area contributed by atoms with Gasteiger partial charge >= 0.3 is 5.97 Å². The van der Waals surface area contributed by atoms with Crippen LogP contribution in [0.4, 0.5) is 5.82 Å². The molecule has 0 bridgehead atoms. The predicted octanol–water partition coefficient (Wildman–Crippen LogP) is -0.135. The van der Waals surface area contributed by atoms with Crippen molar-refractivity contribution < 1.29 is 14.7 Å². The summed E-state index contributed by atoms with van der Waals surface area (Å²) in [5.74, 6) is -0.618. The molecule has 2 aromatic heterocycles. The van der Waals surface area contributed by atoms with Crippen molar-refractivity contribution in [1.82, 2.24) is 24.8 Å². The summed E-state index contributed by atoms with van der Waals surface area (Å²) in [5.41, 5.74) is 1.17. The van der Waals surface area contributed by atoms with Crippen molar-refractivity contribution in [2.75, 3.05) is 25.0 Å². The van der Waals surface area contributed by atoms with Crippen LogP contribution in [0.3, 0.4) is 0 Å². The molecule has 116 valence electrons. The number of hydrogen-bond donors (Lipinski definition) is 2. The standard InChI is InChI=1S/C13H16N6O3/c1-18(12-10-11(15-6-14-10)16-7-17-12)5-9(20)19-4-2-3-8(19)13(21)22/h6-8H,2-5H2,1H3,(H,21,22)(H,14,15,16,17)/t8-/m0/s1. The number of nitrogens with zero attached hydrogens (tertiary/aromatic N) is 5. The SMILES string of the molecule is CN(CC(=O)N1CCC[C@H]1C(=O)O)c1ncnc2nc[nH]c12. The summed E-state index contributed by atoms with van der Waals surface area (Å²) in [4.78, 5) is 41.8. The Morgan fingerprint density at radius 3 is 3.05 bits per heavy atom. The number of rotatable bonds is 4. The van der Waals surface area contributed by atoms with E-state index in [1.54, 1.807) is 11.9 Å². The van der Waals surface area contributed by atoms with Gasteiger partial charge in [0.2, 0.25) is 5.91 Å². The molecule has 2 aromatic rings. The van der Waals surface area contributed by atoms with E-state index in [0.29, 0.717) is 36.4 Å². The number of likely N-dealkylation sites (tertiary alicyclic amines) is 1. The predicted molar refractivity (Wildman–Crippen MR) is 77.3 cm³/mol. The van der Waals surface area contributed by atoms with Crippen LogP contribution in [-0.4, -0.2) is 68.0 Å². The van der Waals surface area contributed by atoms with Gasteiger partial charge in [-0.3, -0.25) is 4.79 Å². The Kier molecular flexibility index (Phi) is 3.61. The van der Waals surface area contributed by atoms with Gasteiger partial charge in [0, 0.05) is 13.6 Å². The number of likely N-dealkylation sites (N-methyl/N-ethyl adjacent to an activating group) is 1. The van der Waals surface area contributed by atoms with Gasteiger partial charge in [-0.2, -0.15) is 0 Å². The normalized spacial score (nSPS) is 17.9. The highest BCUT2D eigenvalue weighted by Crippen LogP contribution is 2.21. The van der Waals surface area contributed by atoms with Gasteiger partial charge in [0.15, 0.2) is 11.5 Å². The van der Waals surface area contributed by atoms with Gasteiger partial charge in [-0.15, -0.1) is 0 Å². The lowest BCUT2D eigenvalue weighted by Crippen LogP contribution is -2.45. The molecule has 0 aliphatic carbocycles. The maximum atomic E-state index is 12.4. The van der Waals surface area contributed by atoms with Crippen LogP contribution in [0, 0.1) is 0 Å². The molecular formula is C13H16N6O3. The fourth-order valence-electron chi connectivity index (χ4n) is 2.73. The highest BCUT2D eigenvalue weighted by atomic mass is 16.4. The Hall–Kier alpha value is -2.71. The largest absolute Gasteiger partial charge is 0.480 e. The average Bonchev–Trinajstić information content (AvgIpc) is 3.15. The van der Waals surface area contributed by atoms with Crippen LogP contribution in [0.5, 0.6) is 0 Å². The number of nitrogens with one attached hydrogen (secondary N) is 1. The number of carboxylic acid groups (broad SMARTS) is 1. The van der Waals surface area contributed by atoms with Crippen LogP contribution < -0.4 is 4.90 Å². The summed E-state index contributed by atoms with van der Waals surface area (Å²) in [7, 11) is 1.73. The van der Waals surface area contributed by atoms with E-state index in [1.165, 1.54) is 17.6 Å². The molecule has 3 rings (SSSR count). The summed E-state index contributed by atoms with van der Waals surface area (Å²) >= 11 is 0. The van der Waals surface area contributed by atoms with Crippen molar-refractivity contribution in [3.63, 3.8) is 0 Å². The van der Waals surface area contributed by atoms with Gasteiger partial charge in [0.1, 0.15) is 17.9 Å². The number of imidazole rings is 1. The van der Waals surface area contributed by atoms with Gasteiger partial charge < -0.3 is 19.9 Å². The summed E-state index contributed by atoms with van der Waals surface area (Å²) in [5, 5.41) is 9.16. The topological polar surface area (TPSA) is 115 Å². The van der Waals surface area contributed by atoms with Gasteiger partial charge in [0.05, 0.1) is 12.9 Å². The van der Waals surface area contributed by atoms with Crippen LogP contribution in [0.1, 0.15) is 12.8 Å². The number of H-pyrrole nitrogens is 1. The van der Waals surface area contributed by atoms with E-state index < -0.39 is 12.0 Å². The number of carbonyl (C=O) groups excluding carboxylic acids is 1. The molecule has 9 nitrogen and oxygen atoms in total. The fraction of sp³-hybridized carbons (Fsp3) is 0.462. The second-order valence-electron chi connectivity index (χ2n) is 5.24. The summed E-state index contributed by atoms with van der Waals surface area (Å²) < 4.78 is 0. The molecular weight excluding hydrogens is 288 g/mol. The zero-order valence-electron chi connectivity index (χ0n) is 12.1. The first-order chi connectivity index (χ1) is 10.6. The number of carboxylic acids is 1. The highest BCUT2D eigenvalue weighted by molar-refractivity contribution is 5.89. The van der Waals surface area contributed by atoms with E-state index in [9.17, 15) is 9.59 Å². The number of anilines is 1. The number of aliphatic carboxylic acids is 1. The Bertz CT molecular complexity index is 715. The fourth-order valence-corrected chi connectivity index (χ4v) is 2.73. The monoisotopic (exact) mass is 304 g/mol. The summed E-state index contributed by atoms with van der Waals surface area (Å²) in [6.45, 7) is 0.530. The summed E-state index contributed by atoms with van der Waals surface area (Å²) in [6.07, 6.45) is 4.11. The van der Waals surface area contributed by atoms with Crippen molar-refractivity contribution in [3.8, 4) is 0 Å². The van der Waals surface area contributed by atoms with Crippen LogP contribution >= 0.6 is 0 Å². The van der Waals surface area contributed by atoms with Crippen LogP contribution in [0.15, 0.2) is 12.7 Å². The number of amides is 1. The molecule has 1 fully saturated rings. The second-order valence-corrected chi connectivity index (χ2v) is 5.24. The van der Waals surface area contributed by atoms with Crippen LogP contribution in [0.25, 0.3) is 11.2 Å². The molecule has 1 amide bonds. The van der Waals surface area contributed by atoms with Gasteiger partial charge in [-0.1, -0.05) is 0 Å². The van der Waals surface area contributed by atoms with E-state index in [-0.39, 0.29) is 12.5 Å². The zero-order valence-corrected chi connectivity index (χ0v) is 12.1. The minimum Gasteiger partial charge on any atom is -0.480 e. The van der Waals surface area contributed by atoms with E-state index >= 15 is 0 Å². The number of fused-ring (bicyclic) bond motifs is 1. The van der Waals surface area contributed by atoms with Crippen molar-refractivity contribution >= 4 is 28.9 Å². The molecule has 0 radical (unpaired) electrons. The van der Waals surface area contributed by atoms with Crippen molar-refractivity contribution in [2.45, 2.75) is 18.9 Å². The third kappa shape index (κ3) is 2.45. The van der Waals surface area contributed by atoms with Crippen molar-refractivity contribution in [1.29, 1.82) is 0 Å². The van der Waals surface area contributed by atoms with E-state index in [0.717, 1.165) is 0 Å². The van der Waals surface area contributed by atoms with Crippen LogP contribution in [0.2, 0.25) is 0 Å². The first-order valence-electron chi connectivity index (χ1n) is 6.95. The molecule has 1 aliphatic heterocycles. The molecule has 3 heterocycles. The van der Waals surface area contributed by atoms with E-state index in [4.69, 9.17) is 5.11 Å². The van der Waals surface area contributed by atoms with Gasteiger partial charge in [0.25, 0.3) is 0 Å². The third-order valence-electron chi connectivity index (χ3n) is 3.80. The molecule has 0 saturated carbocycles. The molecule has 1 saturated heterocycles. The van der Waals surface area contributed by atoms with Gasteiger partial charge in [-0.05, 0) is 12.8 Å². The minimum absolute atomic E-state index is 0.0505. The number of carbonyl (C=O) groups is 2.